The Kier molecular flexibility index (Phi) is 3.94. The predicted octanol–water partition coefficient (Wildman–Crippen LogP) is 2.80. The molecular formula is C16H15F2NO3. The number of amides is 1. The number of furan rings is 1. The SMILES string of the molecule is O=C(N[C@@H](c1ccc(F)cc1F)C1CC(O)C1)c1ccco1. The average Bonchev–Trinajstić information content (AvgIpc) is 2.96. The lowest BCUT2D eigenvalue weighted by molar-refractivity contribution is 0.0226. The third-order valence-electron chi connectivity index (χ3n) is 3.95. The van der Waals surface area contributed by atoms with Gasteiger partial charge in [-0.15, -0.1) is 0 Å². The van der Waals surface area contributed by atoms with Gasteiger partial charge in [0.2, 0.25) is 0 Å². The predicted molar refractivity (Wildman–Crippen MR) is 74.0 cm³/mol. The first-order valence-electron chi connectivity index (χ1n) is 7.02. The van der Waals surface area contributed by atoms with Crippen molar-refractivity contribution < 1.29 is 23.1 Å². The molecule has 1 aromatic carbocycles. The molecule has 1 atom stereocenters. The molecule has 1 heterocycles. The number of aliphatic hydroxyl groups excluding tert-OH is 1. The van der Waals surface area contributed by atoms with E-state index in [0.717, 1.165) is 12.1 Å². The fourth-order valence-corrected chi connectivity index (χ4v) is 2.73. The molecule has 0 bridgehead atoms. The zero-order valence-corrected chi connectivity index (χ0v) is 11.6. The fraction of sp³-hybridized carbons (Fsp3) is 0.312. The molecule has 1 amide bonds. The van der Waals surface area contributed by atoms with Crippen molar-refractivity contribution in [1.29, 1.82) is 0 Å². The number of benzene rings is 1. The third-order valence-corrected chi connectivity index (χ3v) is 3.95. The molecule has 0 radical (unpaired) electrons. The topological polar surface area (TPSA) is 62.5 Å². The maximum absolute atomic E-state index is 14.0. The quantitative estimate of drug-likeness (QED) is 0.913. The largest absolute Gasteiger partial charge is 0.459 e. The number of rotatable bonds is 4. The first-order chi connectivity index (χ1) is 10.5. The first-order valence-corrected chi connectivity index (χ1v) is 7.02. The zero-order chi connectivity index (χ0) is 15.7. The number of aliphatic hydroxyl groups is 1. The Morgan fingerprint density at radius 2 is 2.09 bits per heavy atom. The summed E-state index contributed by atoms with van der Waals surface area (Å²) in [5.74, 6) is -1.85. The maximum atomic E-state index is 14.0. The van der Waals surface area contributed by atoms with E-state index in [2.05, 4.69) is 5.32 Å². The van der Waals surface area contributed by atoms with Crippen molar-refractivity contribution in [2.45, 2.75) is 25.0 Å². The highest BCUT2D eigenvalue weighted by Crippen LogP contribution is 2.39. The van der Waals surface area contributed by atoms with Crippen LogP contribution in [-0.2, 0) is 0 Å². The number of hydrogen-bond acceptors (Lipinski definition) is 3. The van der Waals surface area contributed by atoms with Crippen LogP contribution in [0.1, 0.15) is 35.0 Å². The van der Waals surface area contributed by atoms with Crippen molar-refractivity contribution in [3.8, 4) is 0 Å². The van der Waals surface area contributed by atoms with E-state index in [-0.39, 0.29) is 17.2 Å². The van der Waals surface area contributed by atoms with Crippen LogP contribution in [0, 0.1) is 17.6 Å². The van der Waals surface area contributed by atoms with Crippen LogP contribution >= 0.6 is 0 Å². The van der Waals surface area contributed by atoms with Crippen LogP contribution in [0.25, 0.3) is 0 Å². The minimum atomic E-state index is -0.717. The van der Waals surface area contributed by atoms with Gasteiger partial charge in [0.1, 0.15) is 11.6 Å². The Balaban J connectivity index is 1.85. The number of hydrogen-bond donors (Lipinski definition) is 2. The second-order valence-electron chi connectivity index (χ2n) is 5.48. The summed E-state index contributed by atoms with van der Waals surface area (Å²) in [6.07, 6.45) is 1.84. The molecule has 6 heteroatoms. The summed E-state index contributed by atoms with van der Waals surface area (Å²) in [5.41, 5.74) is 0.207. The molecule has 1 saturated carbocycles. The number of carbonyl (C=O) groups is 1. The van der Waals surface area contributed by atoms with Crippen molar-refractivity contribution in [2.24, 2.45) is 5.92 Å². The van der Waals surface area contributed by atoms with E-state index in [1.165, 1.54) is 18.4 Å². The Hall–Kier alpha value is -2.21. The molecule has 2 N–H and O–H groups in total. The molecule has 1 aromatic heterocycles. The van der Waals surface area contributed by atoms with E-state index in [1.54, 1.807) is 6.07 Å². The van der Waals surface area contributed by atoms with Crippen molar-refractivity contribution in [1.82, 2.24) is 5.32 Å². The number of carbonyl (C=O) groups excluding carboxylic acids is 1. The second-order valence-corrected chi connectivity index (χ2v) is 5.48. The molecule has 0 aliphatic heterocycles. The summed E-state index contributed by atoms with van der Waals surface area (Å²) in [5, 5.41) is 12.2. The Labute approximate surface area is 125 Å². The van der Waals surface area contributed by atoms with Gasteiger partial charge in [-0.25, -0.2) is 8.78 Å². The minimum Gasteiger partial charge on any atom is -0.459 e. The number of nitrogens with one attached hydrogen (secondary N) is 1. The third kappa shape index (κ3) is 2.87. The summed E-state index contributed by atoms with van der Waals surface area (Å²) in [6.45, 7) is 0. The maximum Gasteiger partial charge on any atom is 0.287 e. The number of halogens is 2. The normalized spacial score (nSPS) is 22.0. The second kappa shape index (κ2) is 5.88. The van der Waals surface area contributed by atoms with Gasteiger partial charge in [0.15, 0.2) is 5.76 Å². The first kappa shape index (κ1) is 14.7. The molecule has 116 valence electrons. The van der Waals surface area contributed by atoms with Crippen LogP contribution in [0.3, 0.4) is 0 Å². The van der Waals surface area contributed by atoms with Gasteiger partial charge in [-0.2, -0.15) is 0 Å². The van der Waals surface area contributed by atoms with Crippen molar-refractivity contribution in [3.63, 3.8) is 0 Å². The smallest absolute Gasteiger partial charge is 0.287 e. The zero-order valence-electron chi connectivity index (χ0n) is 11.6. The van der Waals surface area contributed by atoms with E-state index in [9.17, 15) is 18.7 Å². The highest BCUT2D eigenvalue weighted by Gasteiger charge is 2.37. The van der Waals surface area contributed by atoms with Crippen LogP contribution in [0.5, 0.6) is 0 Å². The van der Waals surface area contributed by atoms with E-state index < -0.39 is 29.7 Å². The summed E-state index contributed by atoms with van der Waals surface area (Å²) in [6, 6.07) is 5.71. The van der Waals surface area contributed by atoms with Gasteiger partial charge < -0.3 is 14.8 Å². The van der Waals surface area contributed by atoms with Crippen LogP contribution in [0.15, 0.2) is 41.0 Å². The van der Waals surface area contributed by atoms with Gasteiger partial charge in [0.25, 0.3) is 5.91 Å². The molecule has 22 heavy (non-hydrogen) atoms. The lowest BCUT2D eigenvalue weighted by Crippen LogP contribution is -2.41. The molecule has 1 aliphatic carbocycles. The summed E-state index contributed by atoms with van der Waals surface area (Å²) in [7, 11) is 0. The van der Waals surface area contributed by atoms with Gasteiger partial charge in [-0.05, 0) is 37.0 Å². The fourth-order valence-electron chi connectivity index (χ4n) is 2.73. The van der Waals surface area contributed by atoms with Gasteiger partial charge in [-0.1, -0.05) is 6.07 Å². The molecule has 1 fully saturated rings. The average molecular weight is 307 g/mol. The lowest BCUT2D eigenvalue weighted by atomic mass is 9.75. The molecule has 4 nitrogen and oxygen atoms in total. The highest BCUT2D eigenvalue weighted by atomic mass is 19.1. The van der Waals surface area contributed by atoms with Crippen LogP contribution in [-0.4, -0.2) is 17.1 Å². The van der Waals surface area contributed by atoms with Crippen LogP contribution in [0.4, 0.5) is 8.78 Å². The standard InChI is InChI=1S/C16H15F2NO3/c17-10-3-4-12(13(18)8-10)15(9-6-11(20)7-9)19-16(21)14-2-1-5-22-14/h1-5,8-9,11,15,20H,6-7H2,(H,19,21)/t9?,11?,15-/m1/s1. The van der Waals surface area contributed by atoms with Gasteiger partial charge in [0, 0.05) is 11.6 Å². The summed E-state index contributed by atoms with van der Waals surface area (Å²) < 4.78 is 32.1. The summed E-state index contributed by atoms with van der Waals surface area (Å²) >= 11 is 0. The monoisotopic (exact) mass is 307 g/mol. The van der Waals surface area contributed by atoms with Gasteiger partial charge in [-0.3, -0.25) is 4.79 Å². The van der Waals surface area contributed by atoms with Crippen molar-refractivity contribution >= 4 is 5.91 Å². The Bertz CT molecular complexity index is 666. The van der Waals surface area contributed by atoms with E-state index >= 15 is 0 Å². The molecule has 1 aliphatic rings. The Morgan fingerprint density at radius 3 is 2.68 bits per heavy atom. The molecule has 0 spiro atoms. The van der Waals surface area contributed by atoms with Crippen LogP contribution in [0.2, 0.25) is 0 Å². The van der Waals surface area contributed by atoms with Gasteiger partial charge >= 0.3 is 0 Å². The highest BCUT2D eigenvalue weighted by molar-refractivity contribution is 5.91. The van der Waals surface area contributed by atoms with E-state index in [4.69, 9.17) is 4.42 Å². The van der Waals surface area contributed by atoms with E-state index in [1.807, 2.05) is 0 Å². The van der Waals surface area contributed by atoms with Crippen molar-refractivity contribution in [2.75, 3.05) is 0 Å². The van der Waals surface area contributed by atoms with Gasteiger partial charge in [0.05, 0.1) is 18.4 Å². The molecule has 3 rings (SSSR count). The minimum absolute atomic E-state index is 0.103. The summed E-state index contributed by atoms with van der Waals surface area (Å²) in [4.78, 5) is 12.1. The van der Waals surface area contributed by atoms with E-state index in [0.29, 0.717) is 12.8 Å². The Morgan fingerprint density at radius 1 is 1.32 bits per heavy atom. The molecule has 0 unspecified atom stereocenters. The van der Waals surface area contributed by atoms with Crippen molar-refractivity contribution in [3.05, 3.63) is 59.6 Å². The molecular weight excluding hydrogens is 292 g/mol. The van der Waals surface area contributed by atoms with Crippen LogP contribution < -0.4 is 5.32 Å². The molecule has 2 aromatic rings. The molecule has 0 saturated heterocycles. The lowest BCUT2D eigenvalue weighted by Gasteiger charge is -2.38.